The highest BCUT2D eigenvalue weighted by Crippen LogP contribution is 2.35. The number of methoxy groups -OCH3 is 1. The molecule has 8 nitrogen and oxygen atoms in total. The van der Waals surface area contributed by atoms with E-state index in [1.165, 1.54) is 6.33 Å². The quantitative estimate of drug-likeness (QED) is 0.596. The van der Waals surface area contributed by atoms with E-state index in [2.05, 4.69) is 15.3 Å². The van der Waals surface area contributed by atoms with Crippen LogP contribution < -0.4 is 20.5 Å². The Bertz CT molecular complexity index is 978. The molecule has 0 aliphatic rings. The van der Waals surface area contributed by atoms with Crippen molar-refractivity contribution in [2.24, 2.45) is 0 Å². The summed E-state index contributed by atoms with van der Waals surface area (Å²) in [4.78, 5) is 20.4. The van der Waals surface area contributed by atoms with Gasteiger partial charge in [-0.1, -0.05) is 24.3 Å². The summed E-state index contributed by atoms with van der Waals surface area (Å²) in [6.45, 7) is 2.03. The average Bonchev–Trinajstić information content (AvgIpc) is 2.72. The van der Waals surface area contributed by atoms with Crippen molar-refractivity contribution in [3.05, 3.63) is 60.4 Å². The van der Waals surface area contributed by atoms with Crippen LogP contribution in [0, 0.1) is 0 Å². The summed E-state index contributed by atoms with van der Waals surface area (Å²) in [6.07, 6.45) is 1.32. The number of nitrogens with two attached hydrogens (primary N) is 1. The molecule has 0 aliphatic heterocycles. The zero-order valence-electron chi connectivity index (χ0n) is 15.5. The number of carbonyl (C=O) groups is 1. The van der Waals surface area contributed by atoms with E-state index in [4.69, 9.17) is 19.9 Å². The number of nitrogen functional groups attached to an aromatic ring is 1. The summed E-state index contributed by atoms with van der Waals surface area (Å²) in [5.41, 5.74) is 7.25. The van der Waals surface area contributed by atoms with Gasteiger partial charge >= 0.3 is 5.97 Å². The molecule has 8 heteroatoms. The Morgan fingerprint density at radius 3 is 2.54 bits per heavy atom. The van der Waals surface area contributed by atoms with Crippen LogP contribution in [0.3, 0.4) is 0 Å². The van der Waals surface area contributed by atoms with Crippen LogP contribution in [0.5, 0.6) is 17.4 Å². The summed E-state index contributed by atoms with van der Waals surface area (Å²) < 4.78 is 16.1. The molecule has 3 N–H and O–H groups in total. The number of carbonyl (C=O) groups excluding carboxylic acids is 1. The molecule has 0 aliphatic carbocycles. The number of rotatable bonds is 7. The molecule has 0 unspecified atom stereocenters. The Hall–Kier alpha value is -3.81. The number of anilines is 3. The number of esters is 1. The van der Waals surface area contributed by atoms with Crippen molar-refractivity contribution in [3.8, 4) is 17.4 Å². The fourth-order valence-electron chi connectivity index (χ4n) is 2.47. The lowest BCUT2D eigenvalue weighted by Gasteiger charge is -2.14. The second kappa shape index (κ2) is 8.72. The molecule has 1 heterocycles. The molecule has 0 saturated heterocycles. The maximum absolute atomic E-state index is 12.2. The van der Waals surface area contributed by atoms with Crippen LogP contribution in [0.25, 0.3) is 0 Å². The third-order valence-electron chi connectivity index (χ3n) is 3.80. The van der Waals surface area contributed by atoms with Gasteiger partial charge in [0.05, 0.1) is 25.0 Å². The molecule has 0 amide bonds. The Labute approximate surface area is 162 Å². The Balaban J connectivity index is 1.89. The third kappa shape index (κ3) is 4.12. The van der Waals surface area contributed by atoms with Gasteiger partial charge in [-0.25, -0.2) is 9.78 Å². The Morgan fingerprint density at radius 1 is 1.07 bits per heavy atom. The molecule has 0 spiro atoms. The maximum Gasteiger partial charge on any atom is 0.340 e. The first kappa shape index (κ1) is 19.0. The Kier molecular flexibility index (Phi) is 5.91. The lowest BCUT2D eigenvalue weighted by atomic mass is 10.2. The SMILES string of the molecule is CCOC(=O)c1ccccc1Nc1ncnc(Oc2ccccc2OC)c1N. The second-order valence-electron chi connectivity index (χ2n) is 5.59. The largest absolute Gasteiger partial charge is 0.493 e. The van der Waals surface area contributed by atoms with E-state index in [0.717, 1.165) is 0 Å². The average molecular weight is 380 g/mol. The number of benzene rings is 2. The number of hydrogen-bond acceptors (Lipinski definition) is 8. The van der Waals surface area contributed by atoms with Crippen molar-refractivity contribution >= 4 is 23.2 Å². The zero-order valence-corrected chi connectivity index (χ0v) is 15.5. The first-order valence-electron chi connectivity index (χ1n) is 8.58. The maximum atomic E-state index is 12.2. The summed E-state index contributed by atoms with van der Waals surface area (Å²) in [5, 5.41) is 3.05. The molecule has 3 rings (SSSR count). The van der Waals surface area contributed by atoms with E-state index in [-0.39, 0.29) is 18.2 Å². The molecular formula is C20H20N4O4. The van der Waals surface area contributed by atoms with E-state index in [0.29, 0.717) is 28.6 Å². The summed E-state index contributed by atoms with van der Waals surface area (Å²) >= 11 is 0. The van der Waals surface area contributed by atoms with Gasteiger partial charge in [0.2, 0.25) is 5.88 Å². The van der Waals surface area contributed by atoms with Gasteiger partial charge in [-0.3, -0.25) is 0 Å². The fourth-order valence-corrected chi connectivity index (χ4v) is 2.47. The van der Waals surface area contributed by atoms with Gasteiger partial charge in [0.15, 0.2) is 17.3 Å². The predicted molar refractivity (Wildman–Crippen MR) is 105 cm³/mol. The highest BCUT2D eigenvalue weighted by atomic mass is 16.5. The van der Waals surface area contributed by atoms with Gasteiger partial charge in [0.25, 0.3) is 0 Å². The van der Waals surface area contributed by atoms with Gasteiger partial charge in [-0.05, 0) is 31.2 Å². The number of para-hydroxylation sites is 3. The van der Waals surface area contributed by atoms with Crippen LogP contribution in [0.4, 0.5) is 17.2 Å². The smallest absolute Gasteiger partial charge is 0.340 e. The standard InChI is InChI=1S/C20H20N4O4/c1-3-27-20(25)13-8-4-5-9-14(13)24-18-17(21)19(23-12-22-18)28-16-11-7-6-10-15(16)26-2/h4-12H,3,21H2,1-2H3,(H,22,23,24). The van der Waals surface area contributed by atoms with Crippen LogP contribution in [0.1, 0.15) is 17.3 Å². The molecule has 144 valence electrons. The molecule has 0 fully saturated rings. The first-order valence-corrected chi connectivity index (χ1v) is 8.58. The van der Waals surface area contributed by atoms with Crippen LogP contribution in [-0.2, 0) is 4.74 Å². The summed E-state index contributed by atoms with van der Waals surface area (Å²) in [6, 6.07) is 14.1. The van der Waals surface area contributed by atoms with E-state index < -0.39 is 5.97 Å². The van der Waals surface area contributed by atoms with Crippen molar-refractivity contribution in [2.45, 2.75) is 6.92 Å². The van der Waals surface area contributed by atoms with Crippen molar-refractivity contribution < 1.29 is 19.0 Å². The number of aromatic nitrogens is 2. The van der Waals surface area contributed by atoms with Gasteiger partial charge in [-0.2, -0.15) is 4.98 Å². The highest BCUT2D eigenvalue weighted by Gasteiger charge is 2.16. The first-order chi connectivity index (χ1) is 13.6. The molecule has 3 aromatic rings. The number of nitrogens with zero attached hydrogens (tertiary/aromatic N) is 2. The van der Waals surface area contributed by atoms with Crippen LogP contribution in [0.15, 0.2) is 54.9 Å². The van der Waals surface area contributed by atoms with Gasteiger partial charge in [0, 0.05) is 0 Å². The van der Waals surface area contributed by atoms with E-state index in [9.17, 15) is 4.79 Å². The zero-order chi connectivity index (χ0) is 19.9. The lowest BCUT2D eigenvalue weighted by Crippen LogP contribution is -2.09. The minimum Gasteiger partial charge on any atom is -0.493 e. The van der Waals surface area contributed by atoms with E-state index >= 15 is 0 Å². The summed E-state index contributed by atoms with van der Waals surface area (Å²) in [5.74, 6) is 1.03. The van der Waals surface area contributed by atoms with Gasteiger partial charge in [-0.15, -0.1) is 0 Å². The Morgan fingerprint density at radius 2 is 1.79 bits per heavy atom. The topological polar surface area (TPSA) is 109 Å². The molecule has 1 aromatic heterocycles. The lowest BCUT2D eigenvalue weighted by molar-refractivity contribution is 0.0527. The van der Waals surface area contributed by atoms with Crippen LogP contribution in [-0.4, -0.2) is 29.7 Å². The van der Waals surface area contributed by atoms with E-state index in [1.807, 2.05) is 12.1 Å². The summed E-state index contributed by atoms with van der Waals surface area (Å²) in [7, 11) is 1.55. The third-order valence-corrected chi connectivity index (χ3v) is 3.80. The molecular weight excluding hydrogens is 360 g/mol. The fraction of sp³-hybridized carbons (Fsp3) is 0.150. The molecule has 0 atom stereocenters. The van der Waals surface area contributed by atoms with Crippen molar-refractivity contribution in [1.82, 2.24) is 9.97 Å². The second-order valence-corrected chi connectivity index (χ2v) is 5.59. The van der Waals surface area contributed by atoms with Crippen LogP contribution in [0.2, 0.25) is 0 Å². The van der Waals surface area contributed by atoms with Crippen molar-refractivity contribution in [2.75, 3.05) is 24.8 Å². The number of nitrogens with one attached hydrogen (secondary N) is 1. The van der Waals surface area contributed by atoms with Gasteiger partial charge < -0.3 is 25.3 Å². The number of ether oxygens (including phenoxy) is 3. The highest BCUT2D eigenvalue weighted by molar-refractivity contribution is 5.96. The minimum atomic E-state index is -0.441. The number of hydrogen-bond donors (Lipinski definition) is 2. The molecule has 0 saturated carbocycles. The van der Waals surface area contributed by atoms with Gasteiger partial charge in [0.1, 0.15) is 12.0 Å². The van der Waals surface area contributed by atoms with Crippen molar-refractivity contribution in [3.63, 3.8) is 0 Å². The molecule has 0 bridgehead atoms. The normalized spacial score (nSPS) is 10.2. The predicted octanol–water partition coefficient (Wildman–Crippen LogP) is 3.78. The molecule has 0 radical (unpaired) electrons. The molecule has 28 heavy (non-hydrogen) atoms. The molecule has 2 aromatic carbocycles. The van der Waals surface area contributed by atoms with Crippen molar-refractivity contribution in [1.29, 1.82) is 0 Å². The van der Waals surface area contributed by atoms with Crippen LogP contribution >= 0.6 is 0 Å². The van der Waals surface area contributed by atoms with E-state index in [1.54, 1.807) is 50.4 Å². The monoisotopic (exact) mass is 380 g/mol. The minimum absolute atomic E-state index is 0.163.